The summed E-state index contributed by atoms with van der Waals surface area (Å²) < 4.78 is 13.4. The Bertz CT molecular complexity index is 528. The van der Waals surface area contributed by atoms with Crippen molar-refractivity contribution in [2.45, 2.75) is 19.5 Å². The lowest BCUT2D eigenvalue weighted by atomic mass is 10.1. The number of nitrogens with one attached hydrogen (secondary N) is 2. The molecule has 0 aliphatic rings. The van der Waals surface area contributed by atoms with Gasteiger partial charge in [0.2, 0.25) is 0 Å². The average molecular weight is 288 g/mol. The van der Waals surface area contributed by atoms with Gasteiger partial charge in [0.15, 0.2) is 0 Å². The molecule has 1 aromatic heterocycles. The number of hydrogen-bond acceptors (Lipinski definition) is 2. The number of H-pyrrole nitrogens is 1. The van der Waals surface area contributed by atoms with Crippen molar-refractivity contribution in [2.24, 2.45) is 0 Å². The van der Waals surface area contributed by atoms with Crippen molar-refractivity contribution in [3.63, 3.8) is 0 Å². The van der Waals surface area contributed by atoms with Gasteiger partial charge in [-0.05, 0) is 19.1 Å². The third-order valence-corrected chi connectivity index (χ3v) is 3.36. The van der Waals surface area contributed by atoms with Crippen LogP contribution in [0.1, 0.15) is 24.4 Å². The molecule has 0 saturated heterocycles. The molecule has 0 amide bonds. The summed E-state index contributed by atoms with van der Waals surface area (Å²) in [7, 11) is 0. The Morgan fingerprint density at radius 3 is 2.89 bits per heavy atom. The first-order chi connectivity index (χ1) is 8.59. The van der Waals surface area contributed by atoms with Crippen molar-refractivity contribution in [2.75, 3.05) is 0 Å². The van der Waals surface area contributed by atoms with Crippen LogP contribution in [0, 0.1) is 5.82 Å². The zero-order valence-corrected chi connectivity index (χ0v) is 11.2. The van der Waals surface area contributed by atoms with E-state index in [1.54, 1.807) is 12.4 Å². The summed E-state index contributed by atoms with van der Waals surface area (Å²) in [6.45, 7) is 2.40. The van der Waals surface area contributed by atoms with E-state index in [1.807, 2.05) is 6.92 Å². The number of imidazole rings is 1. The lowest BCUT2D eigenvalue weighted by molar-refractivity contribution is 0.555. The second-order valence-corrected chi connectivity index (χ2v) is 4.68. The molecule has 0 aliphatic carbocycles. The standard InChI is InChI=1S/C12H12Cl2FN3/c1-7(18-6-10-16-4-5-17-10)11-8(13)2-3-9(15)12(11)14/h2-5,7,18H,6H2,1H3,(H,16,17). The van der Waals surface area contributed by atoms with Gasteiger partial charge < -0.3 is 10.3 Å². The third-order valence-electron chi connectivity index (χ3n) is 2.64. The number of aromatic amines is 1. The van der Waals surface area contributed by atoms with Crippen LogP contribution in [0.5, 0.6) is 0 Å². The van der Waals surface area contributed by atoms with Gasteiger partial charge in [0.05, 0.1) is 11.6 Å². The first kappa shape index (κ1) is 13.3. The minimum absolute atomic E-state index is 0.0574. The minimum Gasteiger partial charge on any atom is -0.348 e. The van der Waals surface area contributed by atoms with Gasteiger partial charge in [-0.3, -0.25) is 0 Å². The summed E-state index contributed by atoms with van der Waals surface area (Å²) >= 11 is 12.0. The molecule has 2 N–H and O–H groups in total. The topological polar surface area (TPSA) is 40.7 Å². The largest absolute Gasteiger partial charge is 0.348 e. The molecule has 0 aliphatic heterocycles. The van der Waals surface area contributed by atoms with E-state index >= 15 is 0 Å². The first-order valence-corrected chi connectivity index (χ1v) is 6.20. The van der Waals surface area contributed by atoms with Crippen molar-refractivity contribution in [1.82, 2.24) is 15.3 Å². The van der Waals surface area contributed by atoms with Crippen molar-refractivity contribution in [3.05, 3.63) is 51.8 Å². The molecule has 3 nitrogen and oxygen atoms in total. The summed E-state index contributed by atoms with van der Waals surface area (Å²) in [5.41, 5.74) is 0.560. The molecule has 2 aromatic rings. The second-order valence-electron chi connectivity index (χ2n) is 3.90. The van der Waals surface area contributed by atoms with Crippen LogP contribution in [-0.2, 0) is 6.54 Å². The maximum Gasteiger partial charge on any atom is 0.142 e. The molecule has 1 aromatic carbocycles. The fourth-order valence-corrected chi connectivity index (χ4v) is 2.38. The van der Waals surface area contributed by atoms with Crippen LogP contribution in [-0.4, -0.2) is 9.97 Å². The summed E-state index contributed by atoms with van der Waals surface area (Å²) in [4.78, 5) is 7.06. The Labute approximate surface area is 114 Å². The fourth-order valence-electron chi connectivity index (χ4n) is 1.69. The van der Waals surface area contributed by atoms with Gasteiger partial charge in [-0.25, -0.2) is 9.37 Å². The van der Waals surface area contributed by atoms with E-state index in [2.05, 4.69) is 15.3 Å². The van der Waals surface area contributed by atoms with Crippen LogP contribution < -0.4 is 5.32 Å². The molecule has 0 fully saturated rings. The summed E-state index contributed by atoms with van der Waals surface area (Å²) in [5.74, 6) is 0.327. The lowest BCUT2D eigenvalue weighted by Gasteiger charge is -2.16. The van der Waals surface area contributed by atoms with Gasteiger partial charge >= 0.3 is 0 Å². The van der Waals surface area contributed by atoms with Crippen LogP contribution in [0.25, 0.3) is 0 Å². The van der Waals surface area contributed by atoms with Gasteiger partial charge in [0.25, 0.3) is 0 Å². The quantitative estimate of drug-likeness (QED) is 0.842. The number of benzene rings is 1. The van der Waals surface area contributed by atoms with E-state index < -0.39 is 5.82 Å². The van der Waals surface area contributed by atoms with Crippen LogP contribution in [0.2, 0.25) is 10.0 Å². The molecule has 96 valence electrons. The molecule has 0 spiro atoms. The van der Waals surface area contributed by atoms with Gasteiger partial charge in [-0.1, -0.05) is 23.2 Å². The highest BCUT2D eigenvalue weighted by Gasteiger charge is 2.16. The molecule has 1 unspecified atom stereocenters. The molecule has 1 heterocycles. The van der Waals surface area contributed by atoms with Crippen LogP contribution in [0.3, 0.4) is 0 Å². The van der Waals surface area contributed by atoms with Crippen molar-refractivity contribution in [3.8, 4) is 0 Å². The van der Waals surface area contributed by atoms with Gasteiger partial charge in [0, 0.05) is 29.0 Å². The zero-order chi connectivity index (χ0) is 13.1. The molecule has 0 bridgehead atoms. The monoisotopic (exact) mass is 287 g/mol. The molecule has 6 heteroatoms. The van der Waals surface area contributed by atoms with E-state index in [9.17, 15) is 4.39 Å². The Morgan fingerprint density at radius 2 is 2.22 bits per heavy atom. The highest BCUT2D eigenvalue weighted by atomic mass is 35.5. The van der Waals surface area contributed by atoms with Crippen molar-refractivity contribution >= 4 is 23.2 Å². The minimum atomic E-state index is -0.470. The molecule has 0 saturated carbocycles. The lowest BCUT2D eigenvalue weighted by Crippen LogP contribution is -2.19. The van der Waals surface area contributed by atoms with E-state index in [0.717, 1.165) is 5.82 Å². The highest BCUT2D eigenvalue weighted by Crippen LogP contribution is 2.32. The summed E-state index contributed by atoms with van der Waals surface area (Å²) in [6, 6.07) is 2.59. The van der Waals surface area contributed by atoms with E-state index in [4.69, 9.17) is 23.2 Å². The predicted molar refractivity (Wildman–Crippen MR) is 70.3 cm³/mol. The van der Waals surface area contributed by atoms with Gasteiger partial charge in [-0.15, -0.1) is 0 Å². The maximum absolute atomic E-state index is 13.4. The summed E-state index contributed by atoms with van der Waals surface area (Å²) in [6.07, 6.45) is 3.41. The van der Waals surface area contributed by atoms with Crippen molar-refractivity contribution in [1.29, 1.82) is 0 Å². The van der Waals surface area contributed by atoms with Crippen molar-refractivity contribution < 1.29 is 4.39 Å². The Kier molecular flexibility index (Phi) is 4.22. The van der Waals surface area contributed by atoms with Gasteiger partial charge in [0.1, 0.15) is 11.6 Å². The van der Waals surface area contributed by atoms with Crippen LogP contribution in [0.15, 0.2) is 24.5 Å². The number of nitrogens with zero attached hydrogens (tertiary/aromatic N) is 1. The Morgan fingerprint density at radius 1 is 1.44 bits per heavy atom. The smallest absolute Gasteiger partial charge is 0.142 e. The third kappa shape index (κ3) is 2.83. The van der Waals surface area contributed by atoms with Gasteiger partial charge in [-0.2, -0.15) is 0 Å². The van der Waals surface area contributed by atoms with E-state index in [0.29, 0.717) is 17.1 Å². The molecule has 0 radical (unpaired) electrons. The fraction of sp³-hybridized carbons (Fsp3) is 0.250. The molecule has 2 rings (SSSR count). The zero-order valence-electron chi connectivity index (χ0n) is 9.67. The Balaban J connectivity index is 2.13. The van der Waals surface area contributed by atoms with E-state index in [-0.39, 0.29) is 11.1 Å². The molecular weight excluding hydrogens is 276 g/mol. The number of rotatable bonds is 4. The van der Waals surface area contributed by atoms with Crippen LogP contribution in [0.4, 0.5) is 4.39 Å². The summed E-state index contributed by atoms with van der Waals surface area (Å²) in [5, 5.41) is 3.68. The Hall–Kier alpha value is -1.10. The first-order valence-electron chi connectivity index (χ1n) is 5.44. The predicted octanol–water partition coefficient (Wildman–Crippen LogP) is 3.71. The average Bonchev–Trinajstić information content (AvgIpc) is 2.85. The number of hydrogen-bond donors (Lipinski definition) is 2. The van der Waals surface area contributed by atoms with E-state index in [1.165, 1.54) is 12.1 Å². The number of aromatic nitrogens is 2. The number of halogens is 3. The maximum atomic E-state index is 13.4. The van der Waals surface area contributed by atoms with Crippen LogP contribution >= 0.6 is 23.2 Å². The molecular formula is C12H12Cl2FN3. The SMILES string of the molecule is CC(NCc1ncc[nH]1)c1c(Cl)ccc(F)c1Cl. The molecule has 1 atom stereocenters. The second kappa shape index (κ2) is 5.69. The normalized spacial score (nSPS) is 12.7. The molecule has 18 heavy (non-hydrogen) atoms. The highest BCUT2D eigenvalue weighted by molar-refractivity contribution is 6.36.